The number of hydrogen-bond donors (Lipinski definition) is 0. The number of benzene rings is 2. The predicted molar refractivity (Wildman–Crippen MR) is 94.8 cm³/mol. The fourth-order valence-corrected chi connectivity index (χ4v) is 2.27. The first-order chi connectivity index (χ1) is 12.2. The fourth-order valence-electron chi connectivity index (χ4n) is 2.27. The topological polar surface area (TPSA) is 39.2 Å². The lowest BCUT2D eigenvalue weighted by molar-refractivity contribution is 0.104. The number of nitrogens with zero attached hydrogens (tertiary/aromatic N) is 1. The number of allylic oxidation sites excluding steroid dienone is 1. The molecule has 1 aromatic heterocycles. The Hall–Kier alpha value is -3.27. The van der Waals surface area contributed by atoms with Crippen molar-refractivity contribution >= 4 is 11.9 Å². The van der Waals surface area contributed by atoms with E-state index >= 15 is 0 Å². The summed E-state index contributed by atoms with van der Waals surface area (Å²) < 4.78 is 18.8. The molecule has 1 heterocycles. The average Bonchev–Trinajstić information content (AvgIpc) is 2.66. The van der Waals surface area contributed by atoms with Crippen LogP contribution < -0.4 is 4.74 Å². The van der Waals surface area contributed by atoms with Crippen molar-refractivity contribution in [2.24, 2.45) is 0 Å². The summed E-state index contributed by atoms with van der Waals surface area (Å²) in [4.78, 5) is 16.2. The number of aromatic nitrogens is 1. The molecule has 0 aliphatic heterocycles. The first-order valence-corrected chi connectivity index (χ1v) is 7.81. The number of ether oxygens (including phenoxy) is 1. The van der Waals surface area contributed by atoms with Crippen molar-refractivity contribution in [3.8, 4) is 5.75 Å². The molecule has 0 fully saturated rings. The molecular weight excluding hydrogens is 317 g/mol. The van der Waals surface area contributed by atoms with Crippen LogP contribution >= 0.6 is 0 Å². The molecule has 25 heavy (non-hydrogen) atoms. The van der Waals surface area contributed by atoms with Gasteiger partial charge in [0, 0.05) is 29.1 Å². The van der Waals surface area contributed by atoms with Crippen LogP contribution in [0.5, 0.6) is 5.75 Å². The highest BCUT2D eigenvalue weighted by atomic mass is 19.1. The standard InChI is InChI=1S/C21H16FNO2/c22-19-10-7-17(8-11-19)20(24)12-9-18-5-1-2-6-21(18)25-15-16-4-3-13-23-14-16/h1-14H,15H2/b12-9-. The second kappa shape index (κ2) is 8.02. The monoisotopic (exact) mass is 333 g/mol. The number of rotatable bonds is 6. The van der Waals surface area contributed by atoms with Gasteiger partial charge in [-0.15, -0.1) is 0 Å². The molecule has 0 unspecified atom stereocenters. The summed E-state index contributed by atoms with van der Waals surface area (Å²) in [5.41, 5.74) is 2.19. The van der Waals surface area contributed by atoms with E-state index in [2.05, 4.69) is 4.98 Å². The second-order valence-corrected chi connectivity index (χ2v) is 5.39. The number of halogens is 1. The van der Waals surface area contributed by atoms with Gasteiger partial charge in [0.1, 0.15) is 18.2 Å². The Labute approximate surface area is 145 Å². The lowest BCUT2D eigenvalue weighted by Crippen LogP contribution is -1.98. The molecule has 0 saturated heterocycles. The van der Waals surface area contributed by atoms with Gasteiger partial charge in [-0.25, -0.2) is 4.39 Å². The van der Waals surface area contributed by atoms with Gasteiger partial charge in [-0.1, -0.05) is 24.3 Å². The molecule has 2 aromatic carbocycles. The van der Waals surface area contributed by atoms with E-state index < -0.39 is 0 Å². The lowest BCUT2D eigenvalue weighted by atomic mass is 10.1. The van der Waals surface area contributed by atoms with Crippen molar-refractivity contribution in [2.45, 2.75) is 6.61 Å². The van der Waals surface area contributed by atoms with Crippen LogP contribution in [-0.2, 0) is 6.61 Å². The van der Waals surface area contributed by atoms with E-state index in [4.69, 9.17) is 4.74 Å². The van der Waals surface area contributed by atoms with Crippen LogP contribution in [0.25, 0.3) is 6.08 Å². The van der Waals surface area contributed by atoms with E-state index in [9.17, 15) is 9.18 Å². The van der Waals surface area contributed by atoms with Gasteiger partial charge >= 0.3 is 0 Å². The maximum absolute atomic E-state index is 12.9. The normalized spacial score (nSPS) is 10.8. The first kappa shape index (κ1) is 16.6. The number of pyridine rings is 1. The predicted octanol–water partition coefficient (Wildman–Crippen LogP) is 4.70. The van der Waals surface area contributed by atoms with Gasteiger partial charge in [0.05, 0.1) is 0 Å². The third-order valence-corrected chi connectivity index (χ3v) is 3.58. The summed E-state index contributed by atoms with van der Waals surface area (Å²) >= 11 is 0. The van der Waals surface area contributed by atoms with Crippen LogP contribution in [0.15, 0.2) is 79.1 Å². The molecule has 3 rings (SSSR count). The van der Waals surface area contributed by atoms with E-state index in [-0.39, 0.29) is 11.6 Å². The molecule has 4 heteroatoms. The maximum Gasteiger partial charge on any atom is 0.185 e. The molecule has 0 aliphatic carbocycles. The van der Waals surface area contributed by atoms with Crippen LogP contribution in [0.4, 0.5) is 4.39 Å². The van der Waals surface area contributed by atoms with Crippen molar-refractivity contribution < 1.29 is 13.9 Å². The Bertz CT molecular complexity index is 874. The zero-order valence-corrected chi connectivity index (χ0v) is 13.4. The Kier molecular flexibility index (Phi) is 5.32. The summed E-state index contributed by atoms with van der Waals surface area (Å²) in [6, 6.07) is 16.7. The van der Waals surface area contributed by atoms with Crippen molar-refractivity contribution in [1.82, 2.24) is 4.98 Å². The van der Waals surface area contributed by atoms with Gasteiger partial charge in [-0.05, 0) is 48.6 Å². The molecule has 0 N–H and O–H groups in total. The second-order valence-electron chi connectivity index (χ2n) is 5.39. The third-order valence-electron chi connectivity index (χ3n) is 3.58. The summed E-state index contributed by atoms with van der Waals surface area (Å²) in [7, 11) is 0. The smallest absolute Gasteiger partial charge is 0.185 e. The van der Waals surface area contributed by atoms with E-state index in [1.54, 1.807) is 18.5 Å². The third kappa shape index (κ3) is 4.61. The van der Waals surface area contributed by atoms with E-state index in [1.807, 2.05) is 36.4 Å². The van der Waals surface area contributed by atoms with Crippen molar-refractivity contribution in [3.05, 3.63) is 102 Å². The molecule has 124 valence electrons. The number of para-hydroxylation sites is 1. The number of carbonyl (C=O) groups is 1. The van der Waals surface area contributed by atoms with Gasteiger partial charge in [0.25, 0.3) is 0 Å². The first-order valence-electron chi connectivity index (χ1n) is 7.81. The van der Waals surface area contributed by atoms with Gasteiger partial charge in [-0.3, -0.25) is 9.78 Å². The zero-order chi connectivity index (χ0) is 17.5. The summed E-state index contributed by atoms with van der Waals surface area (Å²) in [5, 5.41) is 0. The minimum atomic E-state index is -0.366. The van der Waals surface area contributed by atoms with Crippen molar-refractivity contribution in [3.63, 3.8) is 0 Å². The maximum atomic E-state index is 12.9. The highest BCUT2D eigenvalue weighted by Crippen LogP contribution is 2.21. The van der Waals surface area contributed by atoms with Gasteiger partial charge in [0.2, 0.25) is 0 Å². The van der Waals surface area contributed by atoms with Crippen molar-refractivity contribution in [2.75, 3.05) is 0 Å². The molecule has 0 spiro atoms. The summed E-state index contributed by atoms with van der Waals surface area (Å²) in [6.07, 6.45) is 6.61. The largest absolute Gasteiger partial charge is 0.488 e. The number of hydrogen-bond acceptors (Lipinski definition) is 3. The van der Waals surface area contributed by atoms with Gasteiger partial charge < -0.3 is 4.74 Å². The van der Waals surface area contributed by atoms with Gasteiger partial charge in [0.15, 0.2) is 5.78 Å². The molecule has 0 atom stereocenters. The Balaban J connectivity index is 1.72. The average molecular weight is 333 g/mol. The highest BCUT2D eigenvalue weighted by molar-refractivity contribution is 6.06. The van der Waals surface area contributed by atoms with Gasteiger partial charge in [-0.2, -0.15) is 0 Å². The van der Waals surface area contributed by atoms with Crippen LogP contribution in [0.1, 0.15) is 21.5 Å². The van der Waals surface area contributed by atoms with Crippen LogP contribution in [0, 0.1) is 5.82 Å². The minimum Gasteiger partial charge on any atom is -0.488 e. The highest BCUT2D eigenvalue weighted by Gasteiger charge is 2.04. The zero-order valence-electron chi connectivity index (χ0n) is 13.4. The molecule has 0 amide bonds. The van der Waals surface area contributed by atoms with Crippen LogP contribution in [-0.4, -0.2) is 10.8 Å². The minimum absolute atomic E-state index is 0.193. The molecule has 3 aromatic rings. The molecular formula is C21H16FNO2. The molecule has 3 nitrogen and oxygen atoms in total. The quantitative estimate of drug-likeness (QED) is 0.485. The summed E-state index contributed by atoms with van der Waals surface area (Å²) in [5.74, 6) is 0.117. The SMILES string of the molecule is O=C(/C=C\c1ccccc1OCc1cccnc1)c1ccc(F)cc1. The molecule has 0 aliphatic rings. The number of carbonyl (C=O) groups excluding carboxylic acids is 1. The fraction of sp³-hybridized carbons (Fsp3) is 0.0476. The Morgan fingerprint density at radius 1 is 1.04 bits per heavy atom. The van der Waals surface area contributed by atoms with Crippen LogP contribution in [0.2, 0.25) is 0 Å². The Morgan fingerprint density at radius 2 is 1.84 bits per heavy atom. The van der Waals surface area contributed by atoms with E-state index in [1.165, 1.54) is 30.3 Å². The Morgan fingerprint density at radius 3 is 2.60 bits per heavy atom. The molecule has 0 radical (unpaired) electrons. The number of ketones is 1. The molecule has 0 bridgehead atoms. The van der Waals surface area contributed by atoms with E-state index in [0.29, 0.717) is 17.9 Å². The molecule has 0 saturated carbocycles. The lowest BCUT2D eigenvalue weighted by Gasteiger charge is -2.09. The van der Waals surface area contributed by atoms with Crippen molar-refractivity contribution in [1.29, 1.82) is 0 Å². The summed E-state index contributed by atoms with van der Waals surface area (Å²) in [6.45, 7) is 0.393. The van der Waals surface area contributed by atoms with E-state index in [0.717, 1.165) is 11.1 Å². The van der Waals surface area contributed by atoms with Crippen LogP contribution in [0.3, 0.4) is 0 Å².